The molecule has 4 atom stereocenters. The van der Waals surface area contributed by atoms with Gasteiger partial charge in [0.25, 0.3) is 0 Å². The van der Waals surface area contributed by atoms with E-state index in [1.165, 1.54) is 0 Å². The molecule has 1 saturated heterocycles. The number of hydrogen-bond donors (Lipinski definition) is 0. The molecule has 0 aromatic heterocycles. The van der Waals surface area contributed by atoms with Crippen LogP contribution < -0.4 is 4.90 Å². The average molecular weight is 307 g/mol. The summed E-state index contributed by atoms with van der Waals surface area (Å²) in [6.07, 6.45) is 5.50. The standard InChI is InChI=1S/C16H12F3NO2/c17-9-5-6-10(14(19)13(9)18)20-15(21)11-7-1-2-8(4-3-7)12(11)16(20)22/h1-2,5-8,11-12H,3-4H2. The largest absolute Gasteiger partial charge is 0.274 e. The molecule has 0 spiro atoms. The maximum absolute atomic E-state index is 14.0. The van der Waals surface area contributed by atoms with Crippen LogP contribution in [-0.2, 0) is 9.59 Å². The number of hydrogen-bond acceptors (Lipinski definition) is 2. The SMILES string of the molecule is O=C1C2C3C=CC(CC3)C2C(=O)N1c1ccc(F)c(F)c1F. The molecular weight excluding hydrogens is 295 g/mol. The van der Waals surface area contributed by atoms with E-state index in [0.29, 0.717) is 4.90 Å². The molecule has 1 aromatic carbocycles. The Hall–Kier alpha value is -2.11. The molecule has 4 unspecified atom stereocenters. The number of fused-ring (bicyclic) bond motifs is 1. The van der Waals surface area contributed by atoms with Crippen LogP contribution >= 0.6 is 0 Å². The fraction of sp³-hybridized carbons (Fsp3) is 0.375. The lowest BCUT2D eigenvalue weighted by Gasteiger charge is -2.38. The quantitative estimate of drug-likeness (QED) is 0.454. The summed E-state index contributed by atoms with van der Waals surface area (Å²) in [4.78, 5) is 25.9. The number of carbonyl (C=O) groups excluding carboxylic acids is 2. The number of halogens is 3. The summed E-state index contributed by atoms with van der Waals surface area (Å²) in [6, 6.07) is 1.67. The van der Waals surface area contributed by atoms with Gasteiger partial charge in [0.15, 0.2) is 17.5 Å². The molecule has 3 aliphatic carbocycles. The van der Waals surface area contributed by atoms with Crippen LogP contribution in [-0.4, -0.2) is 11.8 Å². The van der Waals surface area contributed by atoms with Crippen molar-refractivity contribution in [3.8, 4) is 0 Å². The molecule has 2 fully saturated rings. The molecule has 6 heteroatoms. The first kappa shape index (κ1) is 13.5. The molecule has 2 bridgehead atoms. The van der Waals surface area contributed by atoms with Gasteiger partial charge >= 0.3 is 0 Å². The van der Waals surface area contributed by atoms with Gasteiger partial charge in [-0.25, -0.2) is 18.1 Å². The van der Waals surface area contributed by atoms with Crippen LogP contribution in [0.3, 0.4) is 0 Å². The molecule has 22 heavy (non-hydrogen) atoms. The van der Waals surface area contributed by atoms with Gasteiger partial charge in [0.2, 0.25) is 11.8 Å². The lowest BCUT2D eigenvalue weighted by Crippen LogP contribution is -2.38. The van der Waals surface area contributed by atoms with E-state index in [2.05, 4.69) is 0 Å². The topological polar surface area (TPSA) is 37.4 Å². The van der Waals surface area contributed by atoms with Crippen molar-refractivity contribution in [2.45, 2.75) is 12.8 Å². The summed E-state index contributed by atoms with van der Waals surface area (Å²) < 4.78 is 40.5. The van der Waals surface area contributed by atoms with Crippen molar-refractivity contribution in [1.82, 2.24) is 0 Å². The molecular formula is C16H12F3NO2. The predicted octanol–water partition coefficient (Wildman–Crippen LogP) is 2.81. The number of allylic oxidation sites excluding steroid dienone is 2. The van der Waals surface area contributed by atoms with Crippen molar-refractivity contribution < 1.29 is 22.8 Å². The molecule has 1 aromatic rings. The summed E-state index contributed by atoms with van der Waals surface area (Å²) >= 11 is 0. The van der Waals surface area contributed by atoms with E-state index in [1.54, 1.807) is 0 Å². The molecule has 5 rings (SSSR count). The molecule has 114 valence electrons. The van der Waals surface area contributed by atoms with Crippen molar-refractivity contribution in [3.63, 3.8) is 0 Å². The summed E-state index contributed by atoms with van der Waals surface area (Å²) in [5.74, 6) is -6.64. The Morgan fingerprint density at radius 1 is 0.864 bits per heavy atom. The monoisotopic (exact) mass is 307 g/mol. The van der Waals surface area contributed by atoms with Crippen LogP contribution in [0.4, 0.5) is 18.9 Å². The molecule has 0 N–H and O–H groups in total. The van der Waals surface area contributed by atoms with E-state index in [-0.39, 0.29) is 11.8 Å². The normalized spacial score (nSPS) is 32.8. The van der Waals surface area contributed by atoms with E-state index in [9.17, 15) is 22.8 Å². The Bertz CT molecular complexity index is 698. The van der Waals surface area contributed by atoms with Gasteiger partial charge in [-0.2, -0.15) is 0 Å². The number of benzene rings is 1. The maximum atomic E-state index is 14.0. The molecule has 4 aliphatic rings. The van der Waals surface area contributed by atoms with E-state index in [1.807, 2.05) is 12.2 Å². The Kier molecular flexibility index (Phi) is 2.74. The van der Waals surface area contributed by atoms with E-state index in [4.69, 9.17) is 0 Å². The highest BCUT2D eigenvalue weighted by Gasteiger charge is 2.57. The second kappa shape index (κ2) is 4.44. The molecule has 1 aliphatic heterocycles. The van der Waals surface area contributed by atoms with Gasteiger partial charge in [0.05, 0.1) is 17.5 Å². The van der Waals surface area contributed by atoms with Gasteiger partial charge < -0.3 is 0 Å². The zero-order chi connectivity index (χ0) is 15.6. The molecule has 1 heterocycles. The number of carbonyl (C=O) groups is 2. The summed E-state index contributed by atoms with van der Waals surface area (Å²) in [5.41, 5.74) is -0.497. The molecule has 1 saturated carbocycles. The first-order valence-electron chi connectivity index (χ1n) is 7.20. The highest BCUT2D eigenvalue weighted by molar-refractivity contribution is 6.22. The van der Waals surface area contributed by atoms with Crippen molar-refractivity contribution in [1.29, 1.82) is 0 Å². The Morgan fingerprint density at radius 2 is 1.41 bits per heavy atom. The Labute approximate surface area is 124 Å². The number of amides is 2. The number of anilines is 1. The molecule has 3 nitrogen and oxygen atoms in total. The third kappa shape index (κ3) is 1.58. The number of rotatable bonds is 1. The van der Waals surface area contributed by atoms with Gasteiger partial charge in [0, 0.05) is 0 Å². The molecule has 2 amide bonds. The summed E-state index contributed by atoms with van der Waals surface area (Å²) in [7, 11) is 0. The van der Waals surface area contributed by atoms with Gasteiger partial charge in [0.1, 0.15) is 0 Å². The van der Waals surface area contributed by atoms with Crippen LogP contribution in [0.25, 0.3) is 0 Å². The predicted molar refractivity (Wildman–Crippen MR) is 71.1 cm³/mol. The highest BCUT2D eigenvalue weighted by Crippen LogP contribution is 2.50. The summed E-state index contributed by atoms with van der Waals surface area (Å²) in [6.45, 7) is 0. The van der Waals surface area contributed by atoms with Gasteiger partial charge in [-0.3, -0.25) is 9.59 Å². The lowest BCUT2D eigenvalue weighted by molar-refractivity contribution is -0.124. The maximum Gasteiger partial charge on any atom is 0.238 e. The van der Waals surface area contributed by atoms with Gasteiger partial charge in [-0.1, -0.05) is 12.2 Å². The van der Waals surface area contributed by atoms with E-state index >= 15 is 0 Å². The van der Waals surface area contributed by atoms with E-state index < -0.39 is 46.8 Å². The van der Waals surface area contributed by atoms with Gasteiger partial charge in [-0.15, -0.1) is 0 Å². The van der Waals surface area contributed by atoms with E-state index in [0.717, 1.165) is 25.0 Å². The first-order chi connectivity index (χ1) is 10.5. The van der Waals surface area contributed by atoms with Crippen molar-refractivity contribution in [3.05, 3.63) is 41.7 Å². The Balaban J connectivity index is 1.80. The zero-order valence-corrected chi connectivity index (χ0v) is 11.4. The van der Waals surface area contributed by atoms with Crippen LogP contribution in [0.2, 0.25) is 0 Å². The minimum atomic E-state index is -1.67. The third-order valence-corrected chi connectivity index (χ3v) is 5.02. The Morgan fingerprint density at radius 3 is 1.91 bits per heavy atom. The lowest BCUT2D eigenvalue weighted by atomic mass is 9.63. The van der Waals surface area contributed by atoms with Crippen LogP contribution in [0, 0.1) is 41.1 Å². The van der Waals surface area contributed by atoms with Gasteiger partial charge in [-0.05, 0) is 36.8 Å². The molecule has 0 radical (unpaired) electrons. The van der Waals surface area contributed by atoms with Crippen LogP contribution in [0.15, 0.2) is 24.3 Å². The van der Waals surface area contributed by atoms with Crippen molar-refractivity contribution >= 4 is 17.5 Å². The zero-order valence-electron chi connectivity index (χ0n) is 11.4. The first-order valence-corrected chi connectivity index (χ1v) is 7.20. The third-order valence-electron chi connectivity index (χ3n) is 5.02. The average Bonchev–Trinajstić information content (AvgIpc) is 2.81. The minimum absolute atomic E-state index is 0.0372. The van der Waals surface area contributed by atoms with Crippen LogP contribution in [0.1, 0.15) is 12.8 Å². The fourth-order valence-corrected chi connectivity index (χ4v) is 4.00. The van der Waals surface area contributed by atoms with Crippen LogP contribution in [0.5, 0.6) is 0 Å². The summed E-state index contributed by atoms with van der Waals surface area (Å²) in [5, 5.41) is 0. The van der Waals surface area contributed by atoms with Crippen molar-refractivity contribution in [2.75, 3.05) is 4.90 Å². The number of nitrogens with zero attached hydrogens (tertiary/aromatic N) is 1. The fourth-order valence-electron chi connectivity index (χ4n) is 4.00. The second-order valence-corrected chi connectivity index (χ2v) is 6.05. The second-order valence-electron chi connectivity index (χ2n) is 6.05. The smallest absolute Gasteiger partial charge is 0.238 e. The van der Waals surface area contributed by atoms with Crippen molar-refractivity contribution in [2.24, 2.45) is 23.7 Å². The minimum Gasteiger partial charge on any atom is -0.274 e. The number of imide groups is 1. The highest BCUT2D eigenvalue weighted by atomic mass is 19.2.